The van der Waals surface area contributed by atoms with Gasteiger partial charge in [0.15, 0.2) is 0 Å². The second-order valence-electron chi connectivity index (χ2n) is 5.42. The molecule has 3 heteroatoms. The summed E-state index contributed by atoms with van der Waals surface area (Å²) in [5.74, 6) is 3.19. The summed E-state index contributed by atoms with van der Waals surface area (Å²) in [6, 6.07) is 4.78. The Hall–Kier alpha value is -1.38. The zero-order valence-electron chi connectivity index (χ0n) is 9.62. The summed E-state index contributed by atoms with van der Waals surface area (Å²) < 4.78 is 13.1. The fourth-order valence-electron chi connectivity index (χ4n) is 3.56. The van der Waals surface area contributed by atoms with Gasteiger partial charge < -0.3 is 4.98 Å². The fraction of sp³-hybridized carbons (Fsp3) is 0.500. The van der Waals surface area contributed by atoms with Gasteiger partial charge in [-0.1, -0.05) is 12.8 Å². The summed E-state index contributed by atoms with van der Waals surface area (Å²) in [6.07, 6.45) is 5.43. The normalized spacial score (nSPS) is 31.5. The van der Waals surface area contributed by atoms with Gasteiger partial charge in [-0.15, -0.1) is 0 Å². The molecule has 0 amide bonds. The zero-order chi connectivity index (χ0) is 11.4. The largest absolute Gasteiger partial charge is 0.342 e. The number of aromatic amines is 1. The standard InChI is InChI=1S/C14H15FN2/c15-8-5-6-11-12(7-8)17-14(16-11)13-9-3-1-2-4-10(9)13/h5-7,9-10,13H,1-4H2,(H,16,17). The third-order valence-electron chi connectivity index (χ3n) is 4.43. The van der Waals surface area contributed by atoms with Gasteiger partial charge in [0, 0.05) is 5.92 Å². The van der Waals surface area contributed by atoms with Crippen molar-refractivity contribution in [1.82, 2.24) is 9.97 Å². The minimum absolute atomic E-state index is 0.194. The molecular formula is C14H15FN2. The number of hydrogen-bond donors (Lipinski definition) is 1. The maximum atomic E-state index is 13.1. The molecule has 0 radical (unpaired) electrons. The van der Waals surface area contributed by atoms with Crippen molar-refractivity contribution in [1.29, 1.82) is 0 Å². The number of imidazole rings is 1. The van der Waals surface area contributed by atoms with Gasteiger partial charge in [-0.2, -0.15) is 0 Å². The van der Waals surface area contributed by atoms with E-state index in [1.54, 1.807) is 6.07 Å². The molecule has 0 spiro atoms. The molecule has 1 aromatic heterocycles. The number of nitrogens with zero attached hydrogens (tertiary/aromatic N) is 1. The monoisotopic (exact) mass is 230 g/mol. The minimum atomic E-state index is -0.194. The van der Waals surface area contributed by atoms with E-state index in [0.717, 1.165) is 28.7 Å². The number of benzene rings is 1. The van der Waals surface area contributed by atoms with Gasteiger partial charge in [0.2, 0.25) is 0 Å². The molecule has 2 unspecified atom stereocenters. The van der Waals surface area contributed by atoms with Crippen molar-refractivity contribution in [3.05, 3.63) is 29.8 Å². The Kier molecular flexibility index (Phi) is 1.88. The van der Waals surface area contributed by atoms with Gasteiger partial charge in [0.25, 0.3) is 0 Å². The predicted octanol–water partition coefficient (Wildman–Crippen LogP) is 3.61. The first-order valence-electron chi connectivity index (χ1n) is 6.48. The number of hydrogen-bond acceptors (Lipinski definition) is 1. The van der Waals surface area contributed by atoms with Gasteiger partial charge in [-0.25, -0.2) is 9.37 Å². The van der Waals surface area contributed by atoms with Crippen molar-refractivity contribution < 1.29 is 4.39 Å². The van der Waals surface area contributed by atoms with Crippen LogP contribution in [0.1, 0.15) is 37.4 Å². The second-order valence-corrected chi connectivity index (χ2v) is 5.42. The summed E-state index contributed by atoms with van der Waals surface area (Å²) in [5, 5.41) is 0. The number of fused-ring (bicyclic) bond motifs is 2. The average Bonchev–Trinajstić information content (AvgIpc) is 2.93. The molecule has 1 N–H and O–H groups in total. The molecule has 0 saturated heterocycles. The van der Waals surface area contributed by atoms with Crippen LogP contribution in [0.5, 0.6) is 0 Å². The van der Waals surface area contributed by atoms with Crippen LogP contribution in [0, 0.1) is 17.7 Å². The van der Waals surface area contributed by atoms with E-state index in [1.165, 1.54) is 37.8 Å². The smallest absolute Gasteiger partial charge is 0.125 e. The second kappa shape index (κ2) is 3.31. The molecule has 17 heavy (non-hydrogen) atoms. The Balaban J connectivity index is 1.72. The van der Waals surface area contributed by atoms with E-state index in [0.29, 0.717) is 5.92 Å². The third kappa shape index (κ3) is 1.41. The van der Waals surface area contributed by atoms with E-state index < -0.39 is 0 Å². The van der Waals surface area contributed by atoms with Crippen LogP contribution in [0.2, 0.25) is 0 Å². The number of H-pyrrole nitrogens is 1. The molecule has 2 aromatic rings. The first-order valence-corrected chi connectivity index (χ1v) is 6.48. The number of rotatable bonds is 1. The van der Waals surface area contributed by atoms with Crippen molar-refractivity contribution in [2.45, 2.75) is 31.6 Å². The van der Waals surface area contributed by atoms with Crippen LogP contribution in [0.4, 0.5) is 4.39 Å². The molecule has 2 atom stereocenters. The van der Waals surface area contributed by atoms with Crippen LogP contribution in [0.3, 0.4) is 0 Å². The topological polar surface area (TPSA) is 28.7 Å². The molecule has 1 aromatic carbocycles. The molecule has 1 heterocycles. The number of aromatic nitrogens is 2. The lowest BCUT2D eigenvalue weighted by Gasteiger charge is -2.04. The molecule has 2 aliphatic carbocycles. The van der Waals surface area contributed by atoms with Gasteiger partial charge in [-0.05, 0) is 42.9 Å². The van der Waals surface area contributed by atoms with Gasteiger partial charge in [0.1, 0.15) is 11.6 Å². The summed E-state index contributed by atoms with van der Waals surface area (Å²) in [7, 11) is 0. The molecule has 2 aliphatic rings. The number of nitrogens with one attached hydrogen (secondary N) is 1. The number of halogens is 1. The van der Waals surface area contributed by atoms with Crippen LogP contribution < -0.4 is 0 Å². The highest BCUT2D eigenvalue weighted by atomic mass is 19.1. The van der Waals surface area contributed by atoms with Crippen LogP contribution in [0.15, 0.2) is 18.2 Å². The molecule has 0 bridgehead atoms. The minimum Gasteiger partial charge on any atom is -0.342 e. The van der Waals surface area contributed by atoms with Gasteiger partial charge >= 0.3 is 0 Å². The first kappa shape index (κ1) is 9.63. The third-order valence-corrected chi connectivity index (χ3v) is 4.43. The van der Waals surface area contributed by atoms with E-state index in [4.69, 9.17) is 0 Å². The lowest BCUT2D eigenvalue weighted by Crippen LogP contribution is -1.91. The summed E-state index contributed by atoms with van der Waals surface area (Å²) in [5.41, 5.74) is 1.73. The molecule has 0 aliphatic heterocycles. The highest BCUT2D eigenvalue weighted by Crippen LogP contribution is 2.60. The maximum Gasteiger partial charge on any atom is 0.125 e. The zero-order valence-corrected chi connectivity index (χ0v) is 9.62. The predicted molar refractivity (Wildman–Crippen MR) is 64.2 cm³/mol. The molecule has 2 fully saturated rings. The fourth-order valence-corrected chi connectivity index (χ4v) is 3.56. The van der Waals surface area contributed by atoms with Crippen LogP contribution >= 0.6 is 0 Å². The van der Waals surface area contributed by atoms with E-state index in [1.807, 2.05) is 0 Å². The van der Waals surface area contributed by atoms with Crippen molar-refractivity contribution in [3.63, 3.8) is 0 Å². The van der Waals surface area contributed by atoms with Crippen LogP contribution in [-0.4, -0.2) is 9.97 Å². The van der Waals surface area contributed by atoms with E-state index in [2.05, 4.69) is 9.97 Å². The van der Waals surface area contributed by atoms with E-state index in [9.17, 15) is 4.39 Å². The SMILES string of the molecule is Fc1ccc2nc(C3C4CCCCC43)[nH]c2c1. The van der Waals surface area contributed by atoms with E-state index >= 15 is 0 Å². The van der Waals surface area contributed by atoms with Gasteiger partial charge in [0.05, 0.1) is 11.0 Å². The average molecular weight is 230 g/mol. The Morgan fingerprint density at radius 3 is 2.71 bits per heavy atom. The van der Waals surface area contributed by atoms with Crippen molar-refractivity contribution in [2.75, 3.05) is 0 Å². The summed E-state index contributed by atoms with van der Waals surface area (Å²) >= 11 is 0. The van der Waals surface area contributed by atoms with Gasteiger partial charge in [-0.3, -0.25) is 0 Å². The first-order chi connectivity index (χ1) is 8.33. The van der Waals surface area contributed by atoms with Crippen LogP contribution in [0.25, 0.3) is 11.0 Å². The Bertz CT molecular complexity index is 563. The van der Waals surface area contributed by atoms with Crippen molar-refractivity contribution >= 4 is 11.0 Å². The summed E-state index contributed by atoms with van der Waals surface area (Å²) in [4.78, 5) is 7.92. The maximum absolute atomic E-state index is 13.1. The summed E-state index contributed by atoms with van der Waals surface area (Å²) in [6.45, 7) is 0. The lowest BCUT2D eigenvalue weighted by atomic mass is 10.0. The Morgan fingerprint density at radius 2 is 1.94 bits per heavy atom. The molecule has 4 rings (SSSR count). The lowest BCUT2D eigenvalue weighted by molar-refractivity contribution is 0.480. The molecule has 2 saturated carbocycles. The molecule has 2 nitrogen and oxygen atoms in total. The molecule has 88 valence electrons. The van der Waals surface area contributed by atoms with E-state index in [-0.39, 0.29) is 5.82 Å². The molecular weight excluding hydrogens is 215 g/mol. The van der Waals surface area contributed by atoms with Crippen molar-refractivity contribution in [3.8, 4) is 0 Å². The Labute approximate surface area is 99.3 Å². The Morgan fingerprint density at radius 1 is 1.18 bits per heavy atom. The van der Waals surface area contributed by atoms with Crippen molar-refractivity contribution in [2.24, 2.45) is 11.8 Å². The highest BCUT2D eigenvalue weighted by Gasteiger charge is 2.52. The quantitative estimate of drug-likeness (QED) is 0.796. The highest BCUT2D eigenvalue weighted by molar-refractivity contribution is 5.75. The van der Waals surface area contributed by atoms with Crippen LogP contribution in [-0.2, 0) is 0 Å².